The van der Waals surface area contributed by atoms with Crippen molar-refractivity contribution >= 4 is 39.8 Å². The van der Waals surface area contributed by atoms with Gasteiger partial charge in [-0.05, 0) is 30.3 Å². The van der Waals surface area contributed by atoms with E-state index in [0.29, 0.717) is 22.1 Å². The molecular formula is C17H15N7O3. The number of hydrogen-bond acceptors (Lipinski definition) is 6. The number of H-pyrrole nitrogens is 2. The van der Waals surface area contributed by atoms with Crippen LogP contribution in [0.2, 0.25) is 0 Å². The molecule has 4 rings (SSSR count). The first-order valence-corrected chi connectivity index (χ1v) is 8.12. The summed E-state index contributed by atoms with van der Waals surface area (Å²) in [5.41, 5.74) is 2.89. The van der Waals surface area contributed by atoms with Crippen LogP contribution in [0.15, 0.2) is 42.5 Å². The summed E-state index contributed by atoms with van der Waals surface area (Å²) in [6.45, 7) is -0.565. The molecule has 5 N–H and O–H groups in total. The minimum absolute atomic E-state index is 0.234. The number of imidazole rings is 1. The first kappa shape index (κ1) is 16.7. The molecule has 10 nitrogen and oxygen atoms in total. The zero-order valence-electron chi connectivity index (χ0n) is 13.9. The number of amides is 2. The predicted octanol–water partition coefficient (Wildman–Crippen LogP) is 0.564. The Morgan fingerprint density at radius 2 is 1.89 bits per heavy atom. The topological polar surface area (TPSA) is 149 Å². The zero-order chi connectivity index (χ0) is 18.8. The molecule has 0 saturated carbocycles. The van der Waals surface area contributed by atoms with Gasteiger partial charge >= 0.3 is 0 Å². The van der Waals surface area contributed by atoms with Gasteiger partial charge in [-0.25, -0.2) is 4.98 Å². The van der Waals surface area contributed by atoms with E-state index < -0.39 is 24.5 Å². The van der Waals surface area contributed by atoms with Crippen molar-refractivity contribution in [1.29, 1.82) is 0 Å². The molecule has 0 bridgehead atoms. The number of nitrogens with zero attached hydrogens (tertiary/aromatic N) is 3. The van der Waals surface area contributed by atoms with Crippen molar-refractivity contribution in [2.75, 3.05) is 11.9 Å². The Balaban J connectivity index is 1.47. The molecule has 0 radical (unpaired) electrons. The van der Waals surface area contributed by atoms with Crippen LogP contribution in [0.1, 0.15) is 10.4 Å². The van der Waals surface area contributed by atoms with Gasteiger partial charge in [0.1, 0.15) is 17.1 Å². The molecule has 0 aliphatic rings. The molecule has 2 amide bonds. The molecule has 0 aliphatic heterocycles. The van der Waals surface area contributed by atoms with E-state index in [-0.39, 0.29) is 5.95 Å². The SMILES string of the molecule is O=C(NC(CO)C(=O)Nc1nc2ccccc2[nH]1)c1ccc2n[nH]nc2c1. The van der Waals surface area contributed by atoms with Crippen LogP contribution in [-0.4, -0.2) is 54.9 Å². The average Bonchev–Trinajstić information content (AvgIpc) is 3.30. The summed E-state index contributed by atoms with van der Waals surface area (Å²) < 4.78 is 0. The maximum absolute atomic E-state index is 12.4. The number of carbonyl (C=O) groups excluding carboxylic acids is 2. The summed E-state index contributed by atoms with van der Waals surface area (Å²) in [5, 5.41) is 24.9. The minimum Gasteiger partial charge on any atom is -0.394 e. The van der Waals surface area contributed by atoms with Gasteiger partial charge in [-0.3, -0.25) is 14.9 Å². The van der Waals surface area contributed by atoms with Crippen LogP contribution in [0, 0.1) is 0 Å². The number of fused-ring (bicyclic) bond motifs is 2. The van der Waals surface area contributed by atoms with E-state index in [1.54, 1.807) is 24.3 Å². The van der Waals surface area contributed by atoms with Crippen molar-refractivity contribution < 1.29 is 14.7 Å². The van der Waals surface area contributed by atoms with Crippen molar-refractivity contribution in [3.05, 3.63) is 48.0 Å². The van der Waals surface area contributed by atoms with E-state index in [1.807, 2.05) is 18.2 Å². The third-order valence-corrected chi connectivity index (χ3v) is 4.01. The van der Waals surface area contributed by atoms with E-state index in [9.17, 15) is 14.7 Å². The van der Waals surface area contributed by atoms with Crippen LogP contribution in [0.25, 0.3) is 22.1 Å². The fourth-order valence-electron chi connectivity index (χ4n) is 2.63. The number of rotatable bonds is 5. The Morgan fingerprint density at radius 1 is 1.07 bits per heavy atom. The fourth-order valence-corrected chi connectivity index (χ4v) is 2.63. The molecule has 10 heteroatoms. The van der Waals surface area contributed by atoms with Gasteiger partial charge in [0.25, 0.3) is 11.8 Å². The van der Waals surface area contributed by atoms with Gasteiger partial charge < -0.3 is 15.4 Å². The number of aromatic amines is 2. The van der Waals surface area contributed by atoms with Crippen molar-refractivity contribution in [1.82, 2.24) is 30.7 Å². The van der Waals surface area contributed by atoms with Gasteiger partial charge in [0.05, 0.1) is 17.6 Å². The lowest BCUT2D eigenvalue weighted by molar-refractivity contribution is -0.118. The van der Waals surface area contributed by atoms with Crippen LogP contribution in [0.4, 0.5) is 5.95 Å². The lowest BCUT2D eigenvalue weighted by Gasteiger charge is -2.15. The number of nitrogens with one attached hydrogen (secondary N) is 4. The highest BCUT2D eigenvalue weighted by Gasteiger charge is 2.22. The molecule has 2 aromatic carbocycles. The fraction of sp³-hybridized carbons (Fsp3) is 0.118. The Bertz CT molecular complexity index is 1100. The van der Waals surface area contributed by atoms with Crippen molar-refractivity contribution in [3.63, 3.8) is 0 Å². The minimum atomic E-state index is -1.14. The molecule has 136 valence electrons. The number of anilines is 1. The largest absolute Gasteiger partial charge is 0.394 e. The Kier molecular flexibility index (Phi) is 4.22. The molecule has 0 fully saturated rings. The van der Waals surface area contributed by atoms with Gasteiger partial charge in [-0.15, -0.1) is 0 Å². The van der Waals surface area contributed by atoms with E-state index in [0.717, 1.165) is 5.52 Å². The number of aliphatic hydroxyl groups excluding tert-OH is 1. The van der Waals surface area contributed by atoms with Crippen LogP contribution < -0.4 is 10.6 Å². The molecule has 1 unspecified atom stereocenters. The predicted molar refractivity (Wildman–Crippen MR) is 97.0 cm³/mol. The van der Waals surface area contributed by atoms with E-state index in [1.165, 1.54) is 0 Å². The summed E-state index contributed by atoms with van der Waals surface area (Å²) in [7, 11) is 0. The van der Waals surface area contributed by atoms with E-state index in [2.05, 4.69) is 36.0 Å². The normalized spacial score (nSPS) is 12.2. The second-order valence-corrected chi connectivity index (χ2v) is 5.83. The zero-order valence-corrected chi connectivity index (χ0v) is 13.9. The van der Waals surface area contributed by atoms with Gasteiger partial charge in [-0.1, -0.05) is 12.1 Å². The Hall–Kier alpha value is -3.79. The van der Waals surface area contributed by atoms with Crippen LogP contribution >= 0.6 is 0 Å². The molecule has 2 heterocycles. The van der Waals surface area contributed by atoms with Crippen molar-refractivity contribution in [2.24, 2.45) is 0 Å². The van der Waals surface area contributed by atoms with Crippen LogP contribution in [0.5, 0.6) is 0 Å². The second-order valence-electron chi connectivity index (χ2n) is 5.83. The highest BCUT2D eigenvalue weighted by molar-refractivity contribution is 6.02. The third-order valence-electron chi connectivity index (χ3n) is 4.01. The second kappa shape index (κ2) is 6.84. The monoisotopic (exact) mass is 365 g/mol. The summed E-state index contributed by atoms with van der Waals surface area (Å²) >= 11 is 0. The number of benzene rings is 2. The van der Waals surface area contributed by atoms with Gasteiger partial charge in [0.2, 0.25) is 5.95 Å². The van der Waals surface area contributed by atoms with Crippen LogP contribution in [-0.2, 0) is 4.79 Å². The maximum atomic E-state index is 12.4. The number of hydrogen-bond donors (Lipinski definition) is 5. The number of aromatic nitrogens is 5. The Labute approximate surface area is 152 Å². The quantitative estimate of drug-likeness (QED) is 0.349. The molecule has 0 saturated heterocycles. The first-order valence-electron chi connectivity index (χ1n) is 8.12. The van der Waals surface area contributed by atoms with E-state index in [4.69, 9.17) is 0 Å². The molecule has 1 atom stereocenters. The molecule has 27 heavy (non-hydrogen) atoms. The van der Waals surface area contributed by atoms with E-state index >= 15 is 0 Å². The standard InChI is InChI=1S/C17H15N7O3/c25-8-14(16(27)21-17-19-10-3-1-2-4-11(10)20-17)18-15(26)9-5-6-12-13(7-9)23-24-22-12/h1-7,14,25H,8H2,(H,18,26)(H,22,23,24)(H2,19,20,21,27). The number of carbonyl (C=O) groups is 2. The first-order chi connectivity index (χ1) is 13.1. The summed E-state index contributed by atoms with van der Waals surface area (Å²) in [4.78, 5) is 32.0. The highest BCUT2D eigenvalue weighted by Crippen LogP contribution is 2.14. The molecule has 0 spiro atoms. The molecule has 4 aromatic rings. The van der Waals surface area contributed by atoms with Gasteiger partial charge in [0, 0.05) is 5.56 Å². The molecular weight excluding hydrogens is 350 g/mol. The Morgan fingerprint density at radius 3 is 2.70 bits per heavy atom. The smallest absolute Gasteiger partial charge is 0.252 e. The van der Waals surface area contributed by atoms with Gasteiger partial charge in [-0.2, -0.15) is 15.4 Å². The summed E-state index contributed by atoms with van der Waals surface area (Å²) in [6, 6.07) is 10.9. The molecule has 0 aliphatic carbocycles. The van der Waals surface area contributed by atoms with Crippen molar-refractivity contribution in [3.8, 4) is 0 Å². The average molecular weight is 365 g/mol. The maximum Gasteiger partial charge on any atom is 0.252 e. The summed E-state index contributed by atoms with van der Waals surface area (Å²) in [6.07, 6.45) is 0. The number of aliphatic hydroxyl groups is 1. The summed E-state index contributed by atoms with van der Waals surface area (Å²) in [5.74, 6) is -0.871. The lowest BCUT2D eigenvalue weighted by atomic mass is 10.1. The highest BCUT2D eigenvalue weighted by atomic mass is 16.3. The number of para-hydroxylation sites is 2. The third kappa shape index (κ3) is 3.33. The molecule has 2 aromatic heterocycles. The van der Waals surface area contributed by atoms with Gasteiger partial charge in [0.15, 0.2) is 0 Å². The van der Waals surface area contributed by atoms with Crippen LogP contribution in [0.3, 0.4) is 0 Å². The van der Waals surface area contributed by atoms with Crippen molar-refractivity contribution in [2.45, 2.75) is 6.04 Å². The lowest BCUT2D eigenvalue weighted by Crippen LogP contribution is -2.46.